The third-order valence-corrected chi connectivity index (χ3v) is 6.52. The molecule has 32 heavy (non-hydrogen) atoms. The van der Waals surface area contributed by atoms with Gasteiger partial charge >= 0.3 is 10.2 Å². The van der Waals surface area contributed by atoms with Gasteiger partial charge in [0.05, 0.1) is 22.9 Å². The molecule has 6 nitrogen and oxygen atoms in total. The fourth-order valence-corrected chi connectivity index (χ4v) is 5.02. The second-order valence-corrected chi connectivity index (χ2v) is 9.13. The number of aromatic nitrogens is 1. The molecule has 1 aromatic heterocycles. The average Bonchev–Trinajstić information content (AvgIpc) is 3.18. The van der Waals surface area contributed by atoms with Crippen LogP contribution in [0.5, 0.6) is 0 Å². The number of nitrogens with one attached hydrogen (secondary N) is 3. The number of rotatable bonds is 6. The summed E-state index contributed by atoms with van der Waals surface area (Å²) in [5, 5.41) is 4.18. The number of anilines is 3. The number of nitrogens with zero attached hydrogens (tertiary/aromatic N) is 1. The van der Waals surface area contributed by atoms with E-state index in [1.54, 1.807) is 12.1 Å². The maximum absolute atomic E-state index is 13.1. The first-order chi connectivity index (χ1) is 15.5. The third-order valence-electron chi connectivity index (χ3n) is 5.53. The Morgan fingerprint density at radius 3 is 2.53 bits per heavy atom. The molecule has 4 aromatic rings. The Bertz CT molecular complexity index is 1390. The molecular weight excluding hydrogens is 427 g/mol. The minimum Gasteiger partial charge on any atom is -0.363 e. The zero-order valence-electron chi connectivity index (χ0n) is 17.0. The molecule has 0 fully saturated rings. The van der Waals surface area contributed by atoms with Crippen LogP contribution in [-0.4, -0.2) is 13.4 Å². The SMILES string of the molecule is O=S(=O)(Nc1ccc(F)cc1)Nc1cccc2nc(N[C@@H]3CCc4ccccc43)ccc12. The van der Waals surface area contributed by atoms with E-state index in [1.165, 1.54) is 35.4 Å². The van der Waals surface area contributed by atoms with Crippen LogP contribution in [0.15, 0.2) is 78.9 Å². The average molecular weight is 449 g/mol. The summed E-state index contributed by atoms with van der Waals surface area (Å²) in [5.74, 6) is 0.301. The molecule has 0 saturated carbocycles. The second kappa shape index (κ2) is 8.12. The molecule has 0 unspecified atom stereocenters. The summed E-state index contributed by atoms with van der Waals surface area (Å²) < 4.78 is 43.1. The quantitative estimate of drug-likeness (QED) is 0.377. The van der Waals surface area contributed by atoms with E-state index >= 15 is 0 Å². The van der Waals surface area contributed by atoms with Gasteiger partial charge in [-0.1, -0.05) is 30.3 Å². The largest absolute Gasteiger partial charge is 0.363 e. The van der Waals surface area contributed by atoms with E-state index in [-0.39, 0.29) is 11.7 Å². The normalized spacial score (nSPS) is 15.3. The lowest BCUT2D eigenvalue weighted by atomic mass is 10.1. The molecule has 5 rings (SSSR count). The summed E-state index contributed by atoms with van der Waals surface area (Å²) in [4.78, 5) is 4.69. The van der Waals surface area contributed by atoms with Crippen LogP contribution in [-0.2, 0) is 16.6 Å². The number of fused-ring (bicyclic) bond motifs is 2. The van der Waals surface area contributed by atoms with E-state index in [2.05, 4.69) is 37.9 Å². The monoisotopic (exact) mass is 448 g/mol. The summed E-state index contributed by atoms with van der Waals surface area (Å²) in [6, 6.07) is 22.7. The number of aryl methyl sites for hydroxylation is 1. The van der Waals surface area contributed by atoms with Gasteiger partial charge in [0.2, 0.25) is 0 Å². The molecular formula is C24H21FN4O2S. The van der Waals surface area contributed by atoms with Crippen LogP contribution < -0.4 is 14.8 Å². The van der Waals surface area contributed by atoms with Crippen LogP contribution in [0.2, 0.25) is 0 Å². The topological polar surface area (TPSA) is 83.1 Å². The Labute approximate surface area is 185 Å². The minimum absolute atomic E-state index is 0.206. The van der Waals surface area contributed by atoms with E-state index in [4.69, 9.17) is 0 Å². The van der Waals surface area contributed by atoms with Gasteiger partial charge in [-0.25, -0.2) is 9.37 Å². The highest BCUT2D eigenvalue weighted by Crippen LogP contribution is 2.34. The van der Waals surface area contributed by atoms with Gasteiger partial charge in [0.1, 0.15) is 11.6 Å². The second-order valence-electron chi connectivity index (χ2n) is 7.72. The van der Waals surface area contributed by atoms with E-state index < -0.39 is 16.0 Å². The molecule has 1 atom stereocenters. The smallest absolute Gasteiger partial charge is 0.321 e. The van der Waals surface area contributed by atoms with Crippen molar-refractivity contribution in [3.05, 3.63) is 95.8 Å². The van der Waals surface area contributed by atoms with Gasteiger partial charge in [-0.2, -0.15) is 8.42 Å². The van der Waals surface area contributed by atoms with Crippen molar-refractivity contribution in [2.75, 3.05) is 14.8 Å². The molecule has 0 aliphatic heterocycles. The number of hydrogen-bond acceptors (Lipinski definition) is 4. The van der Waals surface area contributed by atoms with Gasteiger partial charge in [0.15, 0.2) is 0 Å². The number of pyridine rings is 1. The van der Waals surface area contributed by atoms with Gasteiger partial charge in [-0.3, -0.25) is 9.44 Å². The maximum Gasteiger partial charge on any atom is 0.321 e. The molecule has 0 spiro atoms. The molecule has 8 heteroatoms. The first-order valence-electron chi connectivity index (χ1n) is 10.3. The first kappa shape index (κ1) is 20.3. The van der Waals surface area contributed by atoms with Gasteiger partial charge in [0, 0.05) is 5.39 Å². The predicted octanol–water partition coefficient (Wildman–Crippen LogP) is 5.24. The van der Waals surface area contributed by atoms with Crippen LogP contribution in [0.25, 0.3) is 10.9 Å². The number of benzene rings is 3. The Morgan fingerprint density at radius 2 is 1.69 bits per heavy atom. The van der Waals surface area contributed by atoms with Gasteiger partial charge in [-0.15, -0.1) is 0 Å². The highest BCUT2D eigenvalue weighted by molar-refractivity contribution is 7.94. The van der Waals surface area contributed by atoms with Gasteiger partial charge in [0.25, 0.3) is 0 Å². The minimum atomic E-state index is -3.92. The van der Waals surface area contributed by atoms with Crippen molar-refractivity contribution in [1.82, 2.24) is 4.98 Å². The number of hydrogen-bond donors (Lipinski definition) is 3. The highest BCUT2D eigenvalue weighted by Gasteiger charge is 2.22. The van der Waals surface area contributed by atoms with E-state index in [0.29, 0.717) is 16.6 Å². The van der Waals surface area contributed by atoms with E-state index in [0.717, 1.165) is 18.7 Å². The van der Waals surface area contributed by atoms with Crippen molar-refractivity contribution >= 4 is 38.3 Å². The van der Waals surface area contributed by atoms with Crippen molar-refractivity contribution in [1.29, 1.82) is 0 Å². The zero-order valence-corrected chi connectivity index (χ0v) is 17.9. The predicted molar refractivity (Wildman–Crippen MR) is 125 cm³/mol. The Kier molecular flexibility index (Phi) is 5.14. The lowest BCUT2D eigenvalue weighted by molar-refractivity contribution is 0.606. The van der Waals surface area contributed by atoms with Crippen LogP contribution in [0.1, 0.15) is 23.6 Å². The van der Waals surface area contributed by atoms with E-state index in [1.807, 2.05) is 24.3 Å². The van der Waals surface area contributed by atoms with Crippen LogP contribution in [0, 0.1) is 5.82 Å². The summed E-state index contributed by atoms with van der Waals surface area (Å²) in [7, 11) is -3.92. The molecule has 3 aromatic carbocycles. The molecule has 3 N–H and O–H groups in total. The van der Waals surface area contributed by atoms with Crippen molar-refractivity contribution < 1.29 is 12.8 Å². The van der Waals surface area contributed by atoms with Crippen molar-refractivity contribution in [2.24, 2.45) is 0 Å². The molecule has 0 radical (unpaired) electrons. The fraction of sp³-hybridized carbons (Fsp3) is 0.125. The molecule has 1 heterocycles. The van der Waals surface area contributed by atoms with Crippen molar-refractivity contribution in [3.63, 3.8) is 0 Å². The molecule has 0 saturated heterocycles. The number of halogens is 1. The van der Waals surface area contributed by atoms with Crippen LogP contribution in [0.3, 0.4) is 0 Å². The summed E-state index contributed by atoms with van der Waals surface area (Å²) >= 11 is 0. The van der Waals surface area contributed by atoms with Crippen LogP contribution >= 0.6 is 0 Å². The summed E-state index contributed by atoms with van der Waals surface area (Å²) in [6.07, 6.45) is 2.04. The Hall–Kier alpha value is -3.65. The standard InChI is InChI=1S/C24H21FN4O2S/c25-17-9-11-18(12-10-17)28-32(30,31)29-23-7-3-6-21-20(23)13-15-24(26-21)27-22-14-8-16-4-1-2-5-19(16)22/h1-7,9-13,15,22,28-29H,8,14H2,(H,26,27)/t22-/m1/s1. The first-order valence-corrected chi connectivity index (χ1v) is 11.8. The van der Waals surface area contributed by atoms with Crippen molar-refractivity contribution in [2.45, 2.75) is 18.9 Å². The lowest BCUT2D eigenvalue weighted by Gasteiger charge is -2.16. The molecule has 0 amide bonds. The summed E-state index contributed by atoms with van der Waals surface area (Å²) in [5.41, 5.74) is 3.99. The highest BCUT2D eigenvalue weighted by atomic mass is 32.2. The van der Waals surface area contributed by atoms with Gasteiger partial charge < -0.3 is 5.32 Å². The third kappa shape index (κ3) is 4.22. The maximum atomic E-state index is 13.1. The Morgan fingerprint density at radius 1 is 0.875 bits per heavy atom. The molecule has 162 valence electrons. The van der Waals surface area contributed by atoms with Crippen LogP contribution in [0.4, 0.5) is 21.6 Å². The summed E-state index contributed by atoms with van der Waals surface area (Å²) in [6.45, 7) is 0. The van der Waals surface area contributed by atoms with E-state index in [9.17, 15) is 12.8 Å². The van der Waals surface area contributed by atoms with Gasteiger partial charge in [-0.05, 0) is 72.5 Å². The lowest BCUT2D eigenvalue weighted by Crippen LogP contribution is -2.21. The molecule has 1 aliphatic rings. The van der Waals surface area contributed by atoms with Crippen molar-refractivity contribution in [3.8, 4) is 0 Å². The Balaban J connectivity index is 1.37. The fourth-order valence-electron chi connectivity index (χ4n) is 4.05. The zero-order chi connectivity index (χ0) is 22.1. The molecule has 1 aliphatic carbocycles. The molecule has 0 bridgehead atoms.